The van der Waals surface area contributed by atoms with Crippen LogP contribution < -0.4 is 0 Å². The van der Waals surface area contributed by atoms with Crippen LogP contribution in [0.3, 0.4) is 0 Å². The van der Waals surface area contributed by atoms with E-state index in [1.165, 1.54) is 0 Å². The molecule has 58 valence electrons. The highest BCUT2D eigenvalue weighted by molar-refractivity contribution is 5.87. The minimum atomic E-state index is -0.226. The molecule has 2 unspecified atom stereocenters. The second-order valence-electron chi connectivity index (χ2n) is 3.98. The van der Waals surface area contributed by atoms with E-state index >= 15 is 0 Å². The molecule has 0 bridgehead atoms. The van der Waals surface area contributed by atoms with Gasteiger partial charge in [0.15, 0.2) is 0 Å². The average molecular weight is 149 g/mol. The number of rotatable bonds is 1. The van der Waals surface area contributed by atoms with Gasteiger partial charge >= 0.3 is 0 Å². The van der Waals surface area contributed by atoms with Crippen molar-refractivity contribution in [1.82, 2.24) is 0 Å². The largest absolute Gasteiger partial charge is 0.300 e. The Balaban J connectivity index is 2.10. The maximum Gasteiger partial charge on any atom is 0.136 e. The molecule has 0 aliphatic heterocycles. The highest BCUT2D eigenvalue weighted by Crippen LogP contribution is 2.58. The molecular weight excluding hydrogens is 138 g/mol. The first-order valence-electron chi connectivity index (χ1n) is 4.11. The van der Waals surface area contributed by atoms with Gasteiger partial charge in [-0.05, 0) is 18.3 Å². The van der Waals surface area contributed by atoms with Crippen molar-refractivity contribution in [1.29, 1.82) is 5.26 Å². The lowest BCUT2D eigenvalue weighted by Crippen LogP contribution is -2.38. The van der Waals surface area contributed by atoms with Crippen molar-refractivity contribution in [3.8, 4) is 6.07 Å². The van der Waals surface area contributed by atoms with Gasteiger partial charge in [0.2, 0.25) is 0 Å². The Bertz CT molecular complexity index is 243. The molecule has 2 aliphatic rings. The van der Waals surface area contributed by atoms with Crippen LogP contribution in [0.2, 0.25) is 0 Å². The Morgan fingerprint density at radius 1 is 1.64 bits per heavy atom. The fourth-order valence-electron chi connectivity index (χ4n) is 2.17. The van der Waals surface area contributed by atoms with E-state index in [9.17, 15) is 4.79 Å². The highest BCUT2D eigenvalue weighted by atomic mass is 16.1. The number of ketones is 1. The number of carbonyl (C=O) groups excluding carboxylic acids is 1. The standard InChI is InChI=1S/C9H11NO/c1-6-2-8(6)9(5-10)3-7(11)4-9/h6,8H,2-4H2,1H3. The Kier molecular flexibility index (Phi) is 1.15. The van der Waals surface area contributed by atoms with Crippen molar-refractivity contribution >= 4 is 5.78 Å². The predicted molar refractivity (Wildman–Crippen MR) is 39.6 cm³/mol. The SMILES string of the molecule is CC1CC1C1(C#N)CC(=O)C1. The maximum atomic E-state index is 10.8. The van der Waals surface area contributed by atoms with Crippen molar-refractivity contribution in [3.63, 3.8) is 0 Å². The van der Waals surface area contributed by atoms with Crippen LogP contribution in [0.15, 0.2) is 0 Å². The molecule has 0 aromatic rings. The fraction of sp³-hybridized carbons (Fsp3) is 0.778. The first-order chi connectivity index (χ1) is 5.18. The van der Waals surface area contributed by atoms with E-state index in [4.69, 9.17) is 5.26 Å². The number of nitrogens with zero attached hydrogens (tertiary/aromatic N) is 1. The van der Waals surface area contributed by atoms with Gasteiger partial charge in [-0.25, -0.2) is 0 Å². The highest BCUT2D eigenvalue weighted by Gasteiger charge is 2.57. The predicted octanol–water partition coefficient (Wildman–Crippen LogP) is 1.52. The molecule has 0 aromatic heterocycles. The molecule has 2 nitrogen and oxygen atoms in total. The van der Waals surface area contributed by atoms with Gasteiger partial charge in [-0.3, -0.25) is 4.79 Å². The van der Waals surface area contributed by atoms with Gasteiger partial charge < -0.3 is 0 Å². The molecule has 2 rings (SSSR count). The van der Waals surface area contributed by atoms with Crippen LogP contribution in [-0.2, 0) is 4.79 Å². The van der Waals surface area contributed by atoms with Crippen LogP contribution >= 0.6 is 0 Å². The molecule has 2 atom stereocenters. The van der Waals surface area contributed by atoms with Crippen LogP contribution in [0.25, 0.3) is 0 Å². The summed E-state index contributed by atoms with van der Waals surface area (Å²) in [7, 11) is 0. The molecule has 2 fully saturated rings. The summed E-state index contributed by atoms with van der Waals surface area (Å²) in [6.07, 6.45) is 2.21. The minimum absolute atomic E-state index is 0.226. The zero-order valence-electron chi connectivity index (χ0n) is 6.63. The average Bonchev–Trinajstić information content (AvgIpc) is 2.60. The molecule has 11 heavy (non-hydrogen) atoms. The summed E-state index contributed by atoms with van der Waals surface area (Å²) in [6.45, 7) is 2.16. The van der Waals surface area contributed by atoms with Gasteiger partial charge in [-0.15, -0.1) is 0 Å². The third-order valence-corrected chi connectivity index (χ3v) is 3.07. The zero-order valence-corrected chi connectivity index (χ0v) is 6.63. The molecule has 0 saturated heterocycles. The van der Waals surface area contributed by atoms with Gasteiger partial charge in [-0.2, -0.15) is 5.26 Å². The van der Waals surface area contributed by atoms with Crippen LogP contribution in [0.5, 0.6) is 0 Å². The Hall–Kier alpha value is -0.840. The van der Waals surface area contributed by atoms with E-state index in [-0.39, 0.29) is 11.2 Å². The van der Waals surface area contributed by atoms with Gasteiger partial charge in [0, 0.05) is 12.8 Å². The van der Waals surface area contributed by atoms with Crippen LogP contribution in [-0.4, -0.2) is 5.78 Å². The number of hydrogen-bond donors (Lipinski definition) is 0. The van der Waals surface area contributed by atoms with Crippen molar-refractivity contribution in [2.24, 2.45) is 17.3 Å². The summed E-state index contributed by atoms with van der Waals surface area (Å²) < 4.78 is 0. The number of carbonyl (C=O) groups is 1. The summed E-state index contributed by atoms with van der Waals surface area (Å²) in [4.78, 5) is 10.8. The minimum Gasteiger partial charge on any atom is -0.300 e. The van der Waals surface area contributed by atoms with E-state index in [1.807, 2.05) is 0 Å². The second-order valence-corrected chi connectivity index (χ2v) is 3.98. The van der Waals surface area contributed by atoms with Crippen molar-refractivity contribution < 1.29 is 4.79 Å². The van der Waals surface area contributed by atoms with Crippen molar-refractivity contribution in [2.45, 2.75) is 26.2 Å². The normalized spacial score (nSPS) is 39.1. The van der Waals surface area contributed by atoms with Crippen LogP contribution in [0.4, 0.5) is 0 Å². The summed E-state index contributed by atoms with van der Waals surface area (Å²) in [5.41, 5.74) is -0.226. The Labute approximate surface area is 66.2 Å². The molecular formula is C9H11NO. The zero-order chi connectivity index (χ0) is 8.06. The number of nitriles is 1. The van der Waals surface area contributed by atoms with Crippen LogP contribution in [0.1, 0.15) is 26.2 Å². The van der Waals surface area contributed by atoms with E-state index < -0.39 is 0 Å². The third kappa shape index (κ3) is 0.805. The topological polar surface area (TPSA) is 40.9 Å². The van der Waals surface area contributed by atoms with E-state index in [2.05, 4.69) is 13.0 Å². The fourth-order valence-corrected chi connectivity index (χ4v) is 2.17. The summed E-state index contributed by atoms with van der Waals surface area (Å²) >= 11 is 0. The molecule has 0 heterocycles. The lowest BCUT2D eigenvalue weighted by molar-refractivity contribution is -0.130. The molecule has 0 radical (unpaired) electrons. The van der Waals surface area contributed by atoms with E-state index in [0.717, 1.165) is 6.42 Å². The van der Waals surface area contributed by atoms with Gasteiger partial charge in [0.05, 0.1) is 11.5 Å². The quantitative estimate of drug-likeness (QED) is 0.567. The monoisotopic (exact) mass is 149 g/mol. The van der Waals surface area contributed by atoms with E-state index in [0.29, 0.717) is 24.7 Å². The Morgan fingerprint density at radius 2 is 2.18 bits per heavy atom. The molecule has 0 aromatic carbocycles. The first kappa shape index (κ1) is 6.84. The molecule has 0 amide bonds. The summed E-state index contributed by atoms with van der Waals surface area (Å²) in [5, 5.41) is 8.88. The summed E-state index contributed by atoms with van der Waals surface area (Å²) in [5.74, 6) is 1.48. The molecule has 2 saturated carbocycles. The second kappa shape index (κ2) is 1.85. The first-order valence-corrected chi connectivity index (χ1v) is 4.11. The lowest BCUT2D eigenvalue weighted by Gasteiger charge is -2.34. The summed E-state index contributed by atoms with van der Waals surface area (Å²) in [6, 6.07) is 2.32. The van der Waals surface area contributed by atoms with Crippen LogP contribution in [0, 0.1) is 28.6 Å². The van der Waals surface area contributed by atoms with Crippen molar-refractivity contribution in [3.05, 3.63) is 0 Å². The van der Waals surface area contributed by atoms with Gasteiger partial charge in [0.1, 0.15) is 5.78 Å². The van der Waals surface area contributed by atoms with E-state index in [1.54, 1.807) is 0 Å². The molecule has 2 aliphatic carbocycles. The van der Waals surface area contributed by atoms with Crippen molar-refractivity contribution in [2.75, 3.05) is 0 Å². The molecule has 0 N–H and O–H groups in total. The van der Waals surface area contributed by atoms with Gasteiger partial charge in [-0.1, -0.05) is 6.92 Å². The molecule has 2 heteroatoms. The third-order valence-electron chi connectivity index (χ3n) is 3.07. The number of Topliss-reactive ketones (excluding diaryl/α,β-unsaturated/α-hetero) is 1. The molecule has 0 spiro atoms. The van der Waals surface area contributed by atoms with Gasteiger partial charge in [0.25, 0.3) is 0 Å². The maximum absolute atomic E-state index is 10.8. The number of hydrogen-bond acceptors (Lipinski definition) is 2. The Morgan fingerprint density at radius 3 is 2.45 bits per heavy atom. The smallest absolute Gasteiger partial charge is 0.136 e. The lowest BCUT2D eigenvalue weighted by atomic mass is 9.65.